The summed E-state index contributed by atoms with van der Waals surface area (Å²) in [4.78, 5) is 25.5. The van der Waals surface area contributed by atoms with Crippen molar-refractivity contribution in [2.24, 2.45) is 5.41 Å². The molecule has 1 saturated heterocycles. The topological polar surface area (TPSA) is 78.8 Å². The summed E-state index contributed by atoms with van der Waals surface area (Å²) in [6, 6.07) is 13.8. The molecular weight excluding hydrogens is 452 g/mol. The second-order valence-electron chi connectivity index (χ2n) is 10.3. The fourth-order valence-electron chi connectivity index (χ4n) is 4.60. The number of ether oxygens (including phenoxy) is 1. The number of carboxylic acid groups (broad SMARTS) is 1. The third-order valence-electron chi connectivity index (χ3n) is 7.03. The molecule has 2 aromatic heterocycles. The van der Waals surface area contributed by atoms with E-state index in [-0.39, 0.29) is 6.42 Å². The molecule has 0 aliphatic carbocycles. The molecule has 0 bridgehead atoms. The normalized spacial score (nSPS) is 14.9. The van der Waals surface area contributed by atoms with Crippen molar-refractivity contribution in [3.63, 3.8) is 0 Å². The van der Waals surface area contributed by atoms with E-state index < -0.39 is 5.97 Å². The molecule has 0 amide bonds. The third kappa shape index (κ3) is 6.14. The van der Waals surface area contributed by atoms with Crippen molar-refractivity contribution in [3.8, 4) is 17.0 Å². The number of para-hydroxylation sites is 1. The van der Waals surface area contributed by atoms with Gasteiger partial charge in [-0.05, 0) is 49.4 Å². The summed E-state index contributed by atoms with van der Waals surface area (Å²) in [6.07, 6.45) is 5.77. The Morgan fingerprint density at radius 1 is 1.08 bits per heavy atom. The maximum atomic E-state index is 11.7. The van der Waals surface area contributed by atoms with Crippen molar-refractivity contribution in [2.75, 3.05) is 43.1 Å². The maximum Gasteiger partial charge on any atom is 0.307 e. The van der Waals surface area contributed by atoms with Crippen LogP contribution in [0.4, 0.5) is 11.4 Å². The number of aliphatic carboxylic acids is 1. The minimum absolute atomic E-state index is 0.0515. The number of hydrogen-bond acceptors (Lipinski definition) is 6. The van der Waals surface area contributed by atoms with Crippen LogP contribution in [0, 0.1) is 12.3 Å². The van der Waals surface area contributed by atoms with Gasteiger partial charge in [0.2, 0.25) is 0 Å². The lowest BCUT2D eigenvalue weighted by atomic mass is 9.82. The Kier molecular flexibility index (Phi) is 7.77. The number of rotatable bonds is 9. The van der Waals surface area contributed by atoms with Crippen LogP contribution in [0.5, 0.6) is 5.75 Å². The molecule has 1 fully saturated rings. The molecular formula is C29H36N4O3. The van der Waals surface area contributed by atoms with E-state index in [1.165, 1.54) is 0 Å². The summed E-state index contributed by atoms with van der Waals surface area (Å²) < 4.78 is 5.82. The highest BCUT2D eigenvalue weighted by molar-refractivity contribution is 5.83. The quantitative estimate of drug-likeness (QED) is 0.442. The van der Waals surface area contributed by atoms with Gasteiger partial charge in [0, 0.05) is 43.2 Å². The van der Waals surface area contributed by atoms with Crippen molar-refractivity contribution < 1.29 is 14.6 Å². The van der Waals surface area contributed by atoms with Gasteiger partial charge in [-0.3, -0.25) is 14.8 Å². The molecule has 1 aliphatic rings. The third-order valence-corrected chi connectivity index (χ3v) is 7.03. The number of aromatic nitrogens is 2. The van der Waals surface area contributed by atoms with E-state index in [9.17, 15) is 9.90 Å². The summed E-state index contributed by atoms with van der Waals surface area (Å²) in [5, 5.41) is 9.62. The van der Waals surface area contributed by atoms with E-state index in [0.29, 0.717) is 12.0 Å². The highest BCUT2D eigenvalue weighted by atomic mass is 16.5. The summed E-state index contributed by atoms with van der Waals surface area (Å²) in [7, 11) is 2.02. The first kappa shape index (κ1) is 25.5. The zero-order valence-corrected chi connectivity index (χ0v) is 21.7. The minimum Gasteiger partial charge on any atom is -0.492 e. The van der Waals surface area contributed by atoms with Crippen LogP contribution in [0.2, 0.25) is 0 Å². The molecule has 190 valence electrons. The number of likely N-dealkylation sites (N-methyl/N-ethyl adjacent to an activating group) is 1. The van der Waals surface area contributed by atoms with E-state index in [0.717, 1.165) is 72.1 Å². The zero-order chi connectivity index (χ0) is 25.7. The largest absolute Gasteiger partial charge is 0.492 e. The predicted octanol–water partition coefficient (Wildman–Crippen LogP) is 5.22. The molecule has 1 N–H and O–H groups in total. The van der Waals surface area contributed by atoms with Gasteiger partial charge in [-0.25, -0.2) is 0 Å². The number of benzene rings is 1. The average Bonchev–Trinajstić information content (AvgIpc) is 2.86. The van der Waals surface area contributed by atoms with Crippen molar-refractivity contribution in [1.82, 2.24) is 9.97 Å². The second-order valence-corrected chi connectivity index (χ2v) is 10.3. The van der Waals surface area contributed by atoms with Gasteiger partial charge >= 0.3 is 5.97 Å². The van der Waals surface area contributed by atoms with Crippen LogP contribution in [0.1, 0.15) is 37.9 Å². The van der Waals surface area contributed by atoms with E-state index in [2.05, 4.69) is 28.6 Å². The maximum absolute atomic E-state index is 11.7. The van der Waals surface area contributed by atoms with Crippen molar-refractivity contribution in [2.45, 2.75) is 40.0 Å². The van der Waals surface area contributed by atoms with Gasteiger partial charge < -0.3 is 19.6 Å². The number of aryl methyl sites for hydroxylation is 1. The van der Waals surface area contributed by atoms with Crippen LogP contribution in [0.3, 0.4) is 0 Å². The molecule has 7 nitrogen and oxygen atoms in total. The van der Waals surface area contributed by atoms with Crippen LogP contribution < -0.4 is 14.5 Å². The Balaban J connectivity index is 1.56. The molecule has 0 spiro atoms. The first-order chi connectivity index (χ1) is 17.2. The van der Waals surface area contributed by atoms with E-state index in [1.807, 2.05) is 68.8 Å². The lowest BCUT2D eigenvalue weighted by Crippen LogP contribution is -2.38. The first-order valence-corrected chi connectivity index (χ1v) is 12.5. The molecule has 0 unspecified atom stereocenters. The van der Waals surface area contributed by atoms with Crippen molar-refractivity contribution in [3.05, 3.63) is 66.1 Å². The average molecular weight is 489 g/mol. The van der Waals surface area contributed by atoms with Gasteiger partial charge in [0.05, 0.1) is 36.2 Å². The van der Waals surface area contributed by atoms with Crippen LogP contribution in [-0.4, -0.2) is 54.3 Å². The minimum atomic E-state index is -0.849. The Morgan fingerprint density at radius 3 is 2.44 bits per heavy atom. The van der Waals surface area contributed by atoms with Gasteiger partial charge in [0.1, 0.15) is 12.4 Å². The first-order valence-electron chi connectivity index (χ1n) is 12.5. The van der Waals surface area contributed by atoms with Crippen LogP contribution in [-0.2, 0) is 11.2 Å². The van der Waals surface area contributed by atoms with E-state index in [4.69, 9.17) is 9.72 Å². The molecule has 3 aromatic rings. The van der Waals surface area contributed by atoms with Crippen molar-refractivity contribution in [1.29, 1.82) is 0 Å². The van der Waals surface area contributed by atoms with Crippen LogP contribution in [0.15, 0.2) is 54.9 Å². The number of carboxylic acids is 1. The molecule has 7 heteroatoms. The van der Waals surface area contributed by atoms with Gasteiger partial charge in [-0.1, -0.05) is 32.0 Å². The summed E-state index contributed by atoms with van der Waals surface area (Å²) >= 11 is 0. The molecule has 0 radical (unpaired) electrons. The van der Waals surface area contributed by atoms with Crippen molar-refractivity contribution >= 4 is 17.3 Å². The predicted molar refractivity (Wildman–Crippen MR) is 144 cm³/mol. The number of pyridine rings is 2. The standard InChI is InChI=1S/C29H36N4O3/c1-21-24(18-27(34)35)28(33-14-12-29(2,3)13-15-33)25(20-30-21)26-11-10-22(19-31-26)32(4)16-17-36-23-8-6-5-7-9-23/h5-11,19-20H,12-18H2,1-4H3,(H,34,35). The van der Waals surface area contributed by atoms with Gasteiger partial charge in [-0.2, -0.15) is 0 Å². The fraction of sp³-hybridized carbons (Fsp3) is 0.414. The summed E-state index contributed by atoms with van der Waals surface area (Å²) in [5.41, 5.74) is 5.47. The Hall–Kier alpha value is -3.61. The summed E-state index contributed by atoms with van der Waals surface area (Å²) in [5.74, 6) is 0.00957. The Labute approximate surface area is 213 Å². The number of carbonyl (C=O) groups is 1. The highest BCUT2D eigenvalue weighted by Crippen LogP contribution is 2.39. The van der Waals surface area contributed by atoms with Gasteiger partial charge in [0.15, 0.2) is 0 Å². The highest BCUT2D eigenvalue weighted by Gasteiger charge is 2.29. The molecule has 3 heterocycles. The molecule has 0 saturated carbocycles. The molecule has 4 rings (SSSR count). The van der Waals surface area contributed by atoms with E-state index >= 15 is 0 Å². The number of nitrogens with zero attached hydrogens (tertiary/aromatic N) is 4. The van der Waals surface area contributed by atoms with Crippen LogP contribution in [0.25, 0.3) is 11.3 Å². The number of piperidine rings is 1. The molecule has 1 aliphatic heterocycles. The van der Waals surface area contributed by atoms with E-state index in [1.54, 1.807) is 0 Å². The lowest BCUT2D eigenvalue weighted by Gasteiger charge is -2.40. The summed E-state index contributed by atoms with van der Waals surface area (Å²) in [6.45, 7) is 9.54. The van der Waals surface area contributed by atoms with Crippen LogP contribution >= 0.6 is 0 Å². The smallest absolute Gasteiger partial charge is 0.307 e. The molecule has 36 heavy (non-hydrogen) atoms. The SMILES string of the molecule is Cc1ncc(-c2ccc(N(C)CCOc3ccccc3)cn2)c(N2CCC(C)(C)CC2)c1CC(=O)O. The monoisotopic (exact) mass is 488 g/mol. The van der Waals surface area contributed by atoms with Gasteiger partial charge in [0.25, 0.3) is 0 Å². The molecule has 1 aromatic carbocycles. The fourth-order valence-corrected chi connectivity index (χ4v) is 4.60. The Morgan fingerprint density at radius 2 is 1.81 bits per heavy atom. The number of hydrogen-bond donors (Lipinski definition) is 1. The molecule has 0 atom stereocenters. The second kappa shape index (κ2) is 11.0. The lowest BCUT2D eigenvalue weighted by molar-refractivity contribution is -0.136. The zero-order valence-electron chi connectivity index (χ0n) is 21.7. The van der Waals surface area contributed by atoms with Gasteiger partial charge in [-0.15, -0.1) is 0 Å². The number of anilines is 2. The Bertz CT molecular complexity index is 1170.